The van der Waals surface area contributed by atoms with E-state index >= 15 is 0 Å². The number of nitrogens with two attached hydrogens (primary N) is 1. The maximum absolute atomic E-state index is 14.5. The molecular weight excluding hydrogens is 859 g/mol. The summed E-state index contributed by atoms with van der Waals surface area (Å²) in [5, 5.41) is 27.1. The predicted molar refractivity (Wildman–Crippen MR) is 252 cm³/mol. The number of nitrogens with zero attached hydrogens (tertiary/aromatic N) is 1. The molecule has 5 N–H and O–H groups in total. The fraction of sp³-hybridized carbons (Fsp3) is 0.712. The van der Waals surface area contributed by atoms with Crippen molar-refractivity contribution in [2.45, 2.75) is 179 Å². The Hall–Kier alpha value is -3.83. The third-order valence-electron chi connectivity index (χ3n) is 14.9. The Morgan fingerprint density at radius 2 is 1.63 bits per heavy atom. The Kier molecular flexibility index (Phi) is 19.9. The van der Waals surface area contributed by atoms with Crippen LogP contribution >= 0.6 is 0 Å². The van der Waals surface area contributed by atoms with Crippen molar-refractivity contribution >= 4 is 29.4 Å². The van der Waals surface area contributed by atoms with Crippen LogP contribution in [0.25, 0.3) is 0 Å². The molecule has 5 rings (SSSR count). The number of hydrogen-bond acceptors (Lipinski definition) is 13. The van der Waals surface area contributed by atoms with E-state index in [2.05, 4.69) is 5.32 Å². The van der Waals surface area contributed by atoms with E-state index in [0.717, 1.165) is 11.1 Å². The zero-order valence-electron chi connectivity index (χ0n) is 41.3. The van der Waals surface area contributed by atoms with Gasteiger partial charge in [0.1, 0.15) is 24.0 Å². The number of fused-ring (bicyclic) bond motifs is 3. The summed E-state index contributed by atoms with van der Waals surface area (Å²) in [4.78, 5) is 71.7. The first-order chi connectivity index (χ1) is 31.8. The summed E-state index contributed by atoms with van der Waals surface area (Å²) in [7, 11) is 4.67. The smallest absolute Gasteiger partial charge is 0.329 e. The first-order valence-corrected chi connectivity index (χ1v) is 24.6. The second kappa shape index (κ2) is 24.6. The van der Waals surface area contributed by atoms with E-state index in [4.69, 9.17) is 29.4 Å². The van der Waals surface area contributed by atoms with E-state index < -0.39 is 83.8 Å². The summed E-state index contributed by atoms with van der Waals surface area (Å²) in [6.07, 6.45) is 4.46. The second-order valence-electron chi connectivity index (χ2n) is 20.0. The standard InChI is InChI=1S/C52H79N3O12/c1-10-37-23-30(2)22-31(3)24-44(64-8)47-45(65-9)26-33(5)52(62,67-47)48(58)50(60)55-21-15-14-18-40(55)51(61)66-46(34(6)41(56)29-42(37)57)32(4)25-36-19-20-39(43(28-36)63-7)54-49(59)38(53)27-35-16-12-11-13-17-35/h11-13,16-17,23,25,31,33-34,36-41,43-47,56,62H,10,14-15,18-22,24,26-29,53H2,1-9H3,(H,54,59)/b30-23+,32-25+/t31-,33+,34+,36-,37+,38-,39-,40-,41-,43+,44-,45-,46+,47+,52+/m0/s1. The maximum Gasteiger partial charge on any atom is 0.329 e. The maximum atomic E-state index is 14.5. The Morgan fingerprint density at radius 1 is 0.955 bits per heavy atom. The summed E-state index contributed by atoms with van der Waals surface area (Å²) in [5.74, 6) is -8.02. The molecule has 1 aliphatic carbocycles. The van der Waals surface area contributed by atoms with Crippen molar-refractivity contribution in [2.24, 2.45) is 35.3 Å². The van der Waals surface area contributed by atoms with Crippen molar-refractivity contribution in [3.63, 3.8) is 0 Å². The molecule has 15 nitrogen and oxygen atoms in total. The van der Waals surface area contributed by atoms with Gasteiger partial charge in [-0.3, -0.25) is 19.2 Å². The zero-order valence-corrected chi connectivity index (χ0v) is 41.3. The number of ether oxygens (including phenoxy) is 5. The molecule has 374 valence electrons. The van der Waals surface area contributed by atoms with Gasteiger partial charge in [0.05, 0.1) is 36.5 Å². The highest BCUT2D eigenvalue weighted by molar-refractivity contribution is 6.39. The minimum Gasteiger partial charge on any atom is -0.456 e. The summed E-state index contributed by atoms with van der Waals surface area (Å²) in [6.45, 7) is 11.2. The molecule has 3 heterocycles. The van der Waals surface area contributed by atoms with E-state index in [1.54, 1.807) is 21.0 Å². The highest BCUT2D eigenvalue weighted by Gasteiger charge is 2.56. The van der Waals surface area contributed by atoms with Crippen LogP contribution in [0.5, 0.6) is 0 Å². The van der Waals surface area contributed by atoms with Gasteiger partial charge in [0.25, 0.3) is 11.7 Å². The molecule has 0 spiro atoms. The van der Waals surface area contributed by atoms with E-state index in [1.807, 2.05) is 70.2 Å². The number of cyclic esters (lactones) is 1. The number of benzene rings is 1. The van der Waals surface area contributed by atoms with Crippen molar-refractivity contribution < 1.29 is 57.9 Å². The highest BCUT2D eigenvalue weighted by atomic mass is 16.7. The van der Waals surface area contributed by atoms with Gasteiger partial charge in [-0.15, -0.1) is 0 Å². The largest absolute Gasteiger partial charge is 0.456 e. The number of Topliss-reactive ketones (excluding diaryl/α,β-unsaturated/α-hetero) is 2. The lowest BCUT2D eigenvalue weighted by atomic mass is 9.80. The number of piperidine rings is 1. The van der Waals surface area contributed by atoms with Crippen LogP contribution in [0.1, 0.15) is 118 Å². The molecule has 2 amide bonds. The van der Waals surface area contributed by atoms with Crippen LogP contribution < -0.4 is 11.1 Å². The molecule has 0 radical (unpaired) electrons. The fourth-order valence-corrected chi connectivity index (χ4v) is 10.8. The topological polar surface area (TPSA) is 213 Å². The predicted octanol–water partition coefficient (Wildman–Crippen LogP) is 5.17. The molecule has 1 aromatic carbocycles. The zero-order chi connectivity index (χ0) is 49.2. The molecule has 2 saturated heterocycles. The number of carbonyl (C=O) groups is 5. The Labute approximate surface area is 397 Å². The summed E-state index contributed by atoms with van der Waals surface area (Å²) < 4.78 is 30.3. The highest BCUT2D eigenvalue weighted by Crippen LogP contribution is 2.39. The summed E-state index contributed by atoms with van der Waals surface area (Å²) in [5.41, 5.74) is 8.91. The van der Waals surface area contributed by atoms with Gasteiger partial charge in [0.2, 0.25) is 11.7 Å². The molecule has 67 heavy (non-hydrogen) atoms. The van der Waals surface area contributed by atoms with Gasteiger partial charge in [0.15, 0.2) is 0 Å². The lowest BCUT2D eigenvalue weighted by Gasteiger charge is -2.47. The number of hydrogen-bond donors (Lipinski definition) is 4. The molecule has 2 bridgehead atoms. The number of allylic oxidation sites excluding steroid dienone is 3. The fourth-order valence-electron chi connectivity index (χ4n) is 10.8. The Morgan fingerprint density at radius 3 is 2.28 bits per heavy atom. The van der Waals surface area contributed by atoms with Gasteiger partial charge in [-0.1, -0.05) is 75.8 Å². The van der Waals surface area contributed by atoms with Gasteiger partial charge < -0.3 is 49.8 Å². The number of methoxy groups -OCH3 is 3. The normalized spacial score (nSPS) is 37.0. The first-order valence-electron chi connectivity index (χ1n) is 24.6. The van der Waals surface area contributed by atoms with Crippen molar-refractivity contribution in [1.29, 1.82) is 0 Å². The number of esters is 1. The van der Waals surface area contributed by atoms with Crippen molar-refractivity contribution in [3.8, 4) is 0 Å². The van der Waals surface area contributed by atoms with E-state index in [0.29, 0.717) is 63.4 Å². The minimum absolute atomic E-state index is 0.0170. The number of carbonyl (C=O) groups excluding carboxylic acids is 5. The molecule has 1 aromatic rings. The molecular formula is C52H79N3O12. The number of aliphatic hydroxyl groups excluding tert-OH is 1. The molecule has 3 aliphatic heterocycles. The lowest BCUT2D eigenvalue weighted by Crippen LogP contribution is -2.64. The van der Waals surface area contributed by atoms with Gasteiger partial charge in [-0.05, 0) is 107 Å². The number of nitrogens with one attached hydrogen (secondary N) is 1. The van der Waals surface area contributed by atoms with Crippen LogP contribution in [0, 0.1) is 29.6 Å². The second-order valence-corrected chi connectivity index (χ2v) is 20.0. The third kappa shape index (κ3) is 13.5. The number of amides is 2. The SMILES string of the molecule is CC[C@@H]1/C=C(\C)C[C@H](C)C[C@H](OC)[C@H]2O[C@@](O)(C(=O)C(=O)N3CCCC[C@H]3C(=O)O[C@H](/C(C)=C/[C@@H]3CC[C@H](NC(=O)[C@@H](N)Cc4ccccc4)[C@H](OC)C3)[C@H](C)[C@@H](O)CC1=O)[C@H](C)C[C@@H]2OC. The Balaban J connectivity index is 1.45. The van der Waals surface area contributed by atoms with Crippen LogP contribution in [-0.4, -0.2) is 133 Å². The molecule has 3 fully saturated rings. The van der Waals surface area contributed by atoms with Crippen LogP contribution in [0.4, 0.5) is 0 Å². The average Bonchev–Trinajstić information content (AvgIpc) is 3.31. The van der Waals surface area contributed by atoms with Crippen LogP contribution in [0.15, 0.2) is 53.6 Å². The van der Waals surface area contributed by atoms with Crippen LogP contribution in [0.3, 0.4) is 0 Å². The van der Waals surface area contributed by atoms with E-state index in [-0.39, 0.29) is 61.5 Å². The summed E-state index contributed by atoms with van der Waals surface area (Å²) in [6, 6.07) is 7.43. The molecule has 15 atom stereocenters. The van der Waals surface area contributed by atoms with Crippen LogP contribution in [-0.2, 0) is 54.1 Å². The molecule has 1 saturated carbocycles. The Bertz CT molecular complexity index is 1910. The minimum atomic E-state index is -2.53. The van der Waals surface area contributed by atoms with Gasteiger partial charge >= 0.3 is 5.97 Å². The summed E-state index contributed by atoms with van der Waals surface area (Å²) >= 11 is 0. The molecule has 0 unspecified atom stereocenters. The van der Waals surface area contributed by atoms with E-state index in [9.17, 15) is 34.2 Å². The number of aliphatic hydroxyl groups is 2. The first kappa shape index (κ1) is 54.1. The van der Waals surface area contributed by atoms with Gasteiger partial charge in [-0.25, -0.2) is 4.79 Å². The monoisotopic (exact) mass is 938 g/mol. The molecule has 0 aromatic heterocycles. The third-order valence-corrected chi connectivity index (χ3v) is 14.9. The van der Waals surface area contributed by atoms with Crippen molar-refractivity contribution in [2.75, 3.05) is 27.9 Å². The van der Waals surface area contributed by atoms with Crippen LogP contribution in [0.2, 0.25) is 0 Å². The quantitative estimate of drug-likeness (QED) is 0.136. The molecule has 15 heteroatoms. The number of rotatable bonds is 10. The van der Waals surface area contributed by atoms with Gasteiger partial charge in [0, 0.05) is 52.0 Å². The molecule has 4 aliphatic rings. The van der Waals surface area contributed by atoms with Crippen molar-refractivity contribution in [1.82, 2.24) is 10.2 Å². The number of ketones is 2. The van der Waals surface area contributed by atoms with Gasteiger partial charge in [-0.2, -0.15) is 0 Å². The van der Waals surface area contributed by atoms with Crippen molar-refractivity contribution in [3.05, 3.63) is 59.2 Å². The lowest BCUT2D eigenvalue weighted by molar-refractivity contribution is -0.302. The average molecular weight is 938 g/mol. The van der Waals surface area contributed by atoms with E-state index in [1.165, 1.54) is 19.1 Å².